The molecule has 0 saturated heterocycles. The summed E-state index contributed by atoms with van der Waals surface area (Å²) in [5, 5.41) is 15.3. The Hall–Kier alpha value is -1.10. The lowest BCUT2D eigenvalue weighted by atomic mass is 10.1. The van der Waals surface area contributed by atoms with Gasteiger partial charge in [-0.3, -0.25) is 10.1 Å². The molecule has 2 unspecified atom stereocenters. The summed E-state index contributed by atoms with van der Waals surface area (Å²) in [5.74, 6) is -0.113. The molecule has 16 heavy (non-hydrogen) atoms. The molecule has 0 saturated carbocycles. The first kappa shape index (κ1) is 11.4. The van der Waals surface area contributed by atoms with Gasteiger partial charge in [-0.25, -0.2) is 0 Å². The quantitative estimate of drug-likeness (QED) is 0.747. The first-order valence-corrected chi connectivity index (χ1v) is 5.47. The van der Waals surface area contributed by atoms with Crippen LogP contribution in [0.1, 0.15) is 18.5 Å². The van der Waals surface area contributed by atoms with Crippen LogP contribution in [0.2, 0.25) is 5.02 Å². The molecular weight excluding hydrogens is 228 g/mol. The van der Waals surface area contributed by atoms with Gasteiger partial charge in [-0.1, -0.05) is 17.7 Å². The summed E-state index contributed by atoms with van der Waals surface area (Å²) in [6.07, 6.45) is 0. The van der Waals surface area contributed by atoms with Crippen molar-refractivity contribution < 1.29 is 9.90 Å². The second-order valence-electron chi connectivity index (χ2n) is 3.90. The van der Waals surface area contributed by atoms with Crippen molar-refractivity contribution in [3.05, 3.63) is 28.8 Å². The number of hydrogen-bond donors (Lipinski definition) is 3. The van der Waals surface area contributed by atoms with Crippen LogP contribution in [0.15, 0.2) is 18.2 Å². The van der Waals surface area contributed by atoms with Gasteiger partial charge in [-0.2, -0.15) is 0 Å². The highest BCUT2D eigenvalue weighted by atomic mass is 35.5. The molecule has 1 aliphatic rings. The molecule has 86 valence electrons. The number of aliphatic hydroxyl groups is 1. The van der Waals surface area contributed by atoms with Crippen LogP contribution in [0.5, 0.6) is 0 Å². The van der Waals surface area contributed by atoms with Gasteiger partial charge in [0.15, 0.2) is 0 Å². The monoisotopic (exact) mass is 240 g/mol. The van der Waals surface area contributed by atoms with E-state index < -0.39 is 6.04 Å². The van der Waals surface area contributed by atoms with Crippen molar-refractivity contribution in [2.24, 2.45) is 0 Å². The minimum Gasteiger partial charge on any atom is -0.395 e. The van der Waals surface area contributed by atoms with E-state index in [2.05, 4.69) is 10.6 Å². The number of nitrogens with one attached hydrogen (secondary N) is 2. The van der Waals surface area contributed by atoms with Crippen LogP contribution >= 0.6 is 11.6 Å². The molecule has 1 heterocycles. The fourth-order valence-electron chi connectivity index (χ4n) is 1.74. The molecule has 2 atom stereocenters. The molecule has 2 rings (SSSR count). The Bertz CT molecular complexity index is 422. The second-order valence-corrected chi connectivity index (χ2v) is 4.34. The van der Waals surface area contributed by atoms with Crippen LogP contribution in [0, 0.1) is 0 Å². The lowest BCUT2D eigenvalue weighted by Gasteiger charge is -2.16. The number of aliphatic hydroxyl groups excluding tert-OH is 1. The molecule has 5 heteroatoms. The van der Waals surface area contributed by atoms with Gasteiger partial charge in [-0.15, -0.1) is 0 Å². The van der Waals surface area contributed by atoms with Gasteiger partial charge in [0.1, 0.15) is 6.04 Å². The van der Waals surface area contributed by atoms with Gasteiger partial charge in [0, 0.05) is 22.3 Å². The van der Waals surface area contributed by atoms with Crippen LogP contribution in [0.3, 0.4) is 0 Å². The Morgan fingerprint density at radius 2 is 2.38 bits per heavy atom. The fourth-order valence-corrected chi connectivity index (χ4v) is 1.91. The highest BCUT2D eigenvalue weighted by Crippen LogP contribution is 2.32. The maximum absolute atomic E-state index is 11.7. The number of carbonyl (C=O) groups is 1. The first-order chi connectivity index (χ1) is 7.61. The van der Waals surface area contributed by atoms with Crippen molar-refractivity contribution in [2.45, 2.75) is 19.0 Å². The number of halogens is 1. The summed E-state index contributed by atoms with van der Waals surface area (Å²) in [7, 11) is 0. The maximum atomic E-state index is 11.7. The average Bonchev–Trinajstić information content (AvgIpc) is 2.54. The van der Waals surface area contributed by atoms with E-state index in [9.17, 15) is 4.79 Å². The van der Waals surface area contributed by atoms with Crippen LogP contribution < -0.4 is 10.6 Å². The van der Waals surface area contributed by atoms with Crippen LogP contribution in [-0.4, -0.2) is 23.7 Å². The summed E-state index contributed by atoms with van der Waals surface area (Å²) < 4.78 is 0. The minimum absolute atomic E-state index is 0.00724. The third-order valence-corrected chi connectivity index (χ3v) is 2.81. The Morgan fingerprint density at radius 3 is 3.06 bits per heavy atom. The van der Waals surface area contributed by atoms with E-state index in [-0.39, 0.29) is 18.6 Å². The zero-order valence-electron chi connectivity index (χ0n) is 8.83. The van der Waals surface area contributed by atoms with Gasteiger partial charge in [-0.05, 0) is 19.1 Å². The first-order valence-electron chi connectivity index (χ1n) is 5.09. The molecule has 0 aromatic heterocycles. The largest absolute Gasteiger partial charge is 0.395 e. The van der Waals surface area contributed by atoms with Gasteiger partial charge in [0.05, 0.1) is 6.61 Å². The van der Waals surface area contributed by atoms with E-state index in [0.29, 0.717) is 5.02 Å². The van der Waals surface area contributed by atoms with Crippen LogP contribution in [0.25, 0.3) is 0 Å². The summed E-state index contributed by atoms with van der Waals surface area (Å²) in [6.45, 7) is 1.81. The predicted molar refractivity (Wildman–Crippen MR) is 62.5 cm³/mol. The SMILES string of the molecule is CC(CO)NC1C(=O)Nc2cc(Cl)ccc21. The number of benzene rings is 1. The number of hydrogen-bond acceptors (Lipinski definition) is 3. The van der Waals surface area contributed by atoms with Crippen molar-refractivity contribution in [3.63, 3.8) is 0 Å². The molecule has 1 amide bonds. The molecule has 0 spiro atoms. The van der Waals surface area contributed by atoms with Crippen LogP contribution in [-0.2, 0) is 4.79 Å². The third kappa shape index (κ3) is 2.04. The summed E-state index contributed by atoms with van der Waals surface area (Å²) in [4.78, 5) is 11.7. The molecule has 1 aromatic carbocycles. The highest BCUT2D eigenvalue weighted by Gasteiger charge is 2.31. The minimum atomic E-state index is -0.408. The Labute approximate surface area is 98.6 Å². The molecule has 0 radical (unpaired) electrons. The van der Waals surface area contributed by atoms with Crippen molar-refractivity contribution in [3.8, 4) is 0 Å². The zero-order valence-corrected chi connectivity index (χ0v) is 9.58. The van der Waals surface area contributed by atoms with Crippen molar-refractivity contribution in [1.29, 1.82) is 0 Å². The summed E-state index contributed by atoms with van der Waals surface area (Å²) in [5.41, 5.74) is 1.61. The second kappa shape index (κ2) is 4.41. The van der Waals surface area contributed by atoms with E-state index >= 15 is 0 Å². The fraction of sp³-hybridized carbons (Fsp3) is 0.364. The average molecular weight is 241 g/mol. The van der Waals surface area contributed by atoms with E-state index in [1.54, 1.807) is 12.1 Å². The van der Waals surface area contributed by atoms with Crippen molar-refractivity contribution in [1.82, 2.24) is 5.32 Å². The van der Waals surface area contributed by atoms with Gasteiger partial charge >= 0.3 is 0 Å². The molecule has 0 fully saturated rings. The topological polar surface area (TPSA) is 61.4 Å². The number of carbonyl (C=O) groups excluding carboxylic acids is 1. The lowest BCUT2D eigenvalue weighted by molar-refractivity contribution is -0.117. The van der Waals surface area contributed by atoms with Gasteiger partial charge in [0.2, 0.25) is 5.91 Å². The van der Waals surface area contributed by atoms with E-state index in [4.69, 9.17) is 16.7 Å². The van der Waals surface area contributed by atoms with Gasteiger partial charge < -0.3 is 10.4 Å². The number of fused-ring (bicyclic) bond motifs is 1. The number of amides is 1. The molecular formula is C11H13ClN2O2. The highest BCUT2D eigenvalue weighted by molar-refractivity contribution is 6.31. The molecule has 4 nitrogen and oxygen atoms in total. The smallest absolute Gasteiger partial charge is 0.246 e. The number of rotatable bonds is 3. The van der Waals surface area contributed by atoms with Crippen molar-refractivity contribution in [2.75, 3.05) is 11.9 Å². The summed E-state index contributed by atoms with van der Waals surface area (Å²) in [6, 6.07) is 4.75. The molecule has 0 aliphatic carbocycles. The zero-order chi connectivity index (χ0) is 11.7. The lowest BCUT2D eigenvalue weighted by Crippen LogP contribution is -2.36. The van der Waals surface area contributed by atoms with Crippen LogP contribution in [0.4, 0.5) is 5.69 Å². The molecule has 1 aliphatic heterocycles. The Balaban J connectivity index is 2.26. The normalized spacial score (nSPS) is 20.4. The summed E-state index contributed by atoms with van der Waals surface area (Å²) >= 11 is 5.84. The standard InChI is InChI=1S/C11H13ClN2O2/c1-6(5-15)13-10-8-3-2-7(12)4-9(8)14-11(10)16/h2-4,6,10,13,15H,5H2,1H3,(H,14,16). The molecule has 1 aromatic rings. The Morgan fingerprint density at radius 1 is 1.62 bits per heavy atom. The van der Waals surface area contributed by atoms with E-state index in [1.807, 2.05) is 13.0 Å². The molecule has 3 N–H and O–H groups in total. The Kier molecular flexibility index (Phi) is 3.14. The van der Waals surface area contributed by atoms with Crippen molar-refractivity contribution >= 4 is 23.2 Å². The number of anilines is 1. The van der Waals surface area contributed by atoms with Gasteiger partial charge in [0.25, 0.3) is 0 Å². The maximum Gasteiger partial charge on any atom is 0.246 e. The predicted octanol–water partition coefficient (Wildman–Crippen LogP) is 1.30. The third-order valence-electron chi connectivity index (χ3n) is 2.57. The van der Waals surface area contributed by atoms with E-state index in [0.717, 1.165) is 11.3 Å². The van der Waals surface area contributed by atoms with E-state index in [1.165, 1.54) is 0 Å². The molecule has 0 bridgehead atoms.